The maximum absolute atomic E-state index is 5.46. The Morgan fingerprint density at radius 3 is 3.00 bits per heavy atom. The second-order valence-electron chi connectivity index (χ2n) is 4.04. The number of amidine groups is 1. The molecular weight excluding hydrogens is 166 g/mol. The lowest BCUT2D eigenvalue weighted by atomic mass is 10.2. The van der Waals surface area contributed by atoms with Crippen LogP contribution in [0.25, 0.3) is 0 Å². The standard InChI is InChI=1S/C9H17N3O/c1-11-9(10)13-5-8-7-3-6(7)4-12(8)2/h6-8H,3-5H2,1-2H3,(H2,10,11)/t6-,7-,8+/m0/s1. The predicted octanol–water partition coefficient (Wildman–Crippen LogP) is -0.102. The lowest BCUT2D eigenvalue weighted by Crippen LogP contribution is -2.35. The third-order valence-corrected chi connectivity index (χ3v) is 3.18. The Morgan fingerprint density at radius 2 is 2.46 bits per heavy atom. The Morgan fingerprint density at radius 1 is 1.69 bits per heavy atom. The molecule has 2 N–H and O–H groups in total. The molecule has 4 nitrogen and oxygen atoms in total. The summed E-state index contributed by atoms with van der Waals surface area (Å²) in [5.41, 5.74) is 5.46. The molecule has 1 heterocycles. The Hall–Kier alpha value is -0.770. The van der Waals surface area contributed by atoms with E-state index in [-0.39, 0.29) is 0 Å². The van der Waals surface area contributed by atoms with Crippen LogP contribution in [0.4, 0.5) is 0 Å². The van der Waals surface area contributed by atoms with E-state index in [2.05, 4.69) is 16.9 Å². The number of likely N-dealkylation sites (N-methyl/N-ethyl adjacent to an activating group) is 1. The van der Waals surface area contributed by atoms with Gasteiger partial charge in [-0.15, -0.1) is 0 Å². The van der Waals surface area contributed by atoms with E-state index in [1.165, 1.54) is 13.0 Å². The fraction of sp³-hybridized carbons (Fsp3) is 0.889. The van der Waals surface area contributed by atoms with Crippen LogP contribution in [-0.4, -0.2) is 44.2 Å². The van der Waals surface area contributed by atoms with Crippen LogP contribution in [0.5, 0.6) is 0 Å². The summed E-state index contributed by atoms with van der Waals surface area (Å²) in [5, 5.41) is 0. The highest BCUT2D eigenvalue weighted by Gasteiger charge is 2.51. The van der Waals surface area contributed by atoms with E-state index in [9.17, 15) is 0 Å². The summed E-state index contributed by atoms with van der Waals surface area (Å²) in [6.45, 7) is 1.92. The minimum absolute atomic E-state index is 0.303. The van der Waals surface area contributed by atoms with E-state index in [4.69, 9.17) is 10.5 Å². The van der Waals surface area contributed by atoms with E-state index in [0.29, 0.717) is 18.7 Å². The van der Waals surface area contributed by atoms with E-state index in [0.717, 1.165) is 11.8 Å². The van der Waals surface area contributed by atoms with Crippen LogP contribution in [0.1, 0.15) is 6.42 Å². The van der Waals surface area contributed by atoms with Crippen molar-refractivity contribution in [2.24, 2.45) is 22.6 Å². The number of nitrogens with two attached hydrogens (primary N) is 1. The van der Waals surface area contributed by atoms with Gasteiger partial charge in [0.05, 0.1) is 0 Å². The van der Waals surface area contributed by atoms with Gasteiger partial charge < -0.3 is 10.5 Å². The molecular formula is C9H17N3O. The monoisotopic (exact) mass is 183 g/mol. The van der Waals surface area contributed by atoms with Crippen molar-refractivity contribution >= 4 is 6.02 Å². The molecule has 0 radical (unpaired) electrons. The molecule has 2 fully saturated rings. The zero-order valence-corrected chi connectivity index (χ0v) is 8.23. The summed E-state index contributed by atoms with van der Waals surface area (Å²) in [7, 11) is 3.80. The first-order valence-electron chi connectivity index (χ1n) is 4.77. The molecule has 0 bridgehead atoms. The van der Waals surface area contributed by atoms with Crippen molar-refractivity contribution in [3.8, 4) is 0 Å². The molecule has 1 aliphatic carbocycles. The van der Waals surface area contributed by atoms with Crippen molar-refractivity contribution in [3.05, 3.63) is 0 Å². The number of nitrogens with zero attached hydrogens (tertiary/aromatic N) is 2. The Bertz CT molecular complexity index is 227. The van der Waals surface area contributed by atoms with Gasteiger partial charge in [-0.2, -0.15) is 0 Å². The van der Waals surface area contributed by atoms with Crippen molar-refractivity contribution in [1.29, 1.82) is 0 Å². The third-order valence-electron chi connectivity index (χ3n) is 3.18. The molecule has 0 spiro atoms. The van der Waals surface area contributed by atoms with E-state index < -0.39 is 0 Å². The summed E-state index contributed by atoms with van der Waals surface area (Å²) in [4.78, 5) is 6.13. The summed E-state index contributed by atoms with van der Waals surface area (Å²) in [5.74, 6) is 1.79. The second-order valence-corrected chi connectivity index (χ2v) is 4.04. The molecule has 74 valence electrons. The number of aliphatic imine (C=N–C) groups is 1. The van der Waals surface area contributed by atoms with Crippen LogP contribution in [-0.2, 0) is 4.74 Å². The molecule has 3 atom stereocenters. The van der Waals surface area contributed by atoms with Gasteiger partial charge in [0, 0.05) is 19.6 Å². The fourth-order valence-corrected chi connectivity index (χ4v) is 2.27. The van der Waals surface area contributed by atoms with Gasteiger partial charge in [0.1, 0.15) is 6.61 Å². The second kappa shape index (κ2) is 3.18. The highest BCUT2D eigenvalue weighted by Crippen LogP contribution is 2.48. The topological polar surface area (TPSA) is 50.9 Å². The number of fused-ring (bicyclic) bond motifs is 1. The summed E-state index contributed by atoms with van der Waals surface area (Å²) in [6.07, 6.45) is 1.38. The van der Waals surface area contributed by atoms with Gasteiger partial charge >= 0.3 is 0 Å². The number of likely N-dealkylation sites (tertiary alicyclic amines) is 1. The molecule has 2 rings (SSSR count). The fourth-order valence-electron chi connectivity index (χ4n) is 2.27. The minimum atomic E-state index is 0.303. The largest absolute Gasteiger partial charge is 0.464 e. The third kappa shape index (κ3) is 1.63. The number of piperidine rings is 1. The molecule has 4 heteroatoms. The molecule has 0 aromatic rings. The molecule has 0 amide bonds. The molecule has 1 saturated heterocycles. The highest BCUT2D eigenvalue weighted by atomic mass is 16.5. The van der Waals surface area contributed by atoms with Gasteiger partial charge in [-0.05, 0) is 25.3 Å². The van der Waals surface area contributed by atoms with Crippen molar-refractivity contribution in [1.82, 2.24) is 4.90 Å². The Labute approximate surface area is 78.8 Å². The first-order chi connectivity index (χ1) is 6.22. The van der Waals surface area contributed by atoms with Gasteiger partial charge in [0.2, 0.25) is 0 Å². The molecule has 13 heavy (non-hydrogen) atoms. The van der Waals surface area contributed by atoms with Crippen LogP contribution >= 0.6 is 0 Å². The summed E-state index contributed by atoms with van der Waals surface area (Å²) in [6, 6.07) is 0.864. The summed E-state index contributed by atoms with van der Waals surface area (Å²) < 4.78 is 5.33. The average molecular weight is 183 g/mol. The van der Waals surface area contributed by atoms with Gasteiger partial charge in [0.25, 0.3) is 6.02 Å². The van der Waals surface area contributed by atoms with Crippen molar-refractivity contribution in [2.45, 2.75) is 12.5 Å². The van der Waals surface area contributed by atoms with Crippen LogP contribution in [0.2, 0.25) is 0 Å². The van der Waals surface area contributed by atoms with Gasteiger partial charge in [-0.25, -0.2) is 4.99 Å². The van der Waals surface area contributed by atoms with Crippen LogP contribution < -0.4 is 5.73 Å². The highest BCUT2D eigenvalue weighted by molar-refractivity contribution is 5.71. The maximum atomic E-state index is 5.46. The molecule has 1 saturated carbocycles. The van der Waals surface area contributed by atoms with Crippen molar-refractivity contribution in [2.75, 3.05) is 27.2 Å². The SMILES string of the molecule is CN=C(N)OC[C@@H]1[C@H]2C[C@H]2CN1C. The normalized spacial score (nSPS) is 38.9. The lowest BCUT2D eigenvalue weighted by molar-refractivity contribution is 0.166. The quantitative estimate of drug-likeness (QED) is 0.480. The van der Waals surface area contributed by atoms with E-state index in [1.54, 1.807) is 7.05 Å². The molecule has 0 unspecified atom stereocenters. The molecule has 0 aromatic carbocycles. The molecule has 0 aromatic heterocycles. The van der Waals surface area contributed by atoms with Crippen LogP contribution in [0.15, 0.2) is 4.99 Å². The maximum Gasteiger partial charge on any atom is 0.281 e. The average Bonchev–Trinajstić information content (AvgIpc) is 2.78. The van der Waals surface area contributed by atoms with Crippen molar-refractivity contribution < 1.29 is 4.74 Å². The van der Waals surface area contributed by atoms with Gasteiger partial charge in [-0.3, -0.25) is 4.90 Å². The van der Waals surface area contributed by atoms with Gasteiger partial charge in [0.15, 0.2) is 0 Å². The van der Waals surface area contributed by atoms with Crippen LogP contribution in [0.3, 0.4) is 0 Å². The lowest BCUT2D eigenvalue weighted by Gasteiger charge is -2.22. The number of hydrogen-bond acceptors (Lipinski definition) is 3. The number of rotatable bonds is 2. The smallest absolute Gasteiger partial charge is 0.281 e. The summed E-state index contributed by atoms with van der Waals surface area (Å²) >= 11 is 0. The van der Waals surface area contributed by atoms with E-state index >= 15 is 0 Å². The van der Waals surface area contributed by atoms with E-state index in [1.807, 2.05) is 0 Å². The van der Waals surface area contributed by atoms with Crippen molar-refractivity contribution in [3.63, 3.8) is 0 Å². The van der Waals surface area contributed by atoms with Gasteiger partial charge in [-0.1, -0.05) is 0 Å². The Kier molecular flexibility index (Phi) is 2.15. The predicted molar refractivity (Wildman–Crippen MR) is 51.5 cm³/mol. The zero-order chi connectivity index (χ0) is 9.42. The molecule has 1 aliphatic heterocycles. The minimum Gasteiger partial charge on any atom is -0.464 e. The number of hydrogen-bond donors (Lipinski definition) is 1. The van der Waals surface area contributed by atoms with Crippen LogP contribution in [0, 0.1) is 11.8 Å². The first kappa shape index (κ1) is 8.81. The first-order valence-corrected chi connectivity index (χ1v) is 4.77. The zero-order valence-electron chi connectivity index (χ0n) is 8.23. The Balaban J connectivity index is 1.81. The number of ether oxygens (including phenoxy) is 1. The molecule has 2 aliphatic rings.